The second kappa shape index (κ2) is 7.85. The Morgan fingerprint density at radius 1 is 1.14 bits per heavy atom. The molecule has 146 valence electrons. The lowest BCUT2D eigenvalue weighted by Gasteiger charge is -2.11. The molecule has 2 heterocycles. The van der Waals surface area contributed by atoms with E-state index in [1.54, 1.807) is 36.5 Å². The Hall–Kier alpha value is -2.51. The Morgan fingerprint density at radius 2 is 1.93 bits per heavy atom. The number of aromatic nitrogens is 2. The minimum Gasteiger partial charge on any atom is -0.310 e. The fourth-order valence-electron chi connectivity index (χ4n) is 3.66. The van der Waals surface area contributed by atoms with Crippen LogP contribution >= 0.6 is 0 Å². The van der Waals surface area contributed by atoms with E-state index in [9.17, 15) is 12.8 Å². The van der Waals surface area contributed by atoms with Crippen molar-refractivity contribution < 1.29 is 12.8 Å². The van der Waals surface area contributed by atoms with E-state index in [1.807, 2.05) is 0 Å². The molecule has 0 saturated heterocycles. The van der Waals surface area contributed by atoms with Crippen LogP contribution in [-0.2, 0) is 16.6 Å². The van der Waals surface area contributed by atoms with Crippen molar-refractivity contribution in [2.24, 2.45) is 0 Å². The molecule has 0 atom stereocenters. The topological polar surface area (TPSA) is 64.0 Å². The molecule has 1 N–H and O–H groups in total. The van der Waals surface area contributed by atoms with Crippen molar-refractivity contribution in [2.45, 2.75) is 43.2 Å². The molecule has 3 aromatic rings. The summed E-state index contributed by atoms with van der Waals surface area (Å²) >= 11 is 0. The predicted octanol–water partition coefficient (Wildman–Crippen LogP) is 3.96. The molecule has 4 rings (SSSR count). The van der Waals surface area contributed by atoms with Crippen LogP contribution in [0.1, 0.15) is 31.2 Å². The summed E-state index contributed by atoms with van der Waals surface area (Å²) in [7, 11) is -3.89. The summed E-state index contributed by atoms with van der Waals surface area (Å²) in [6.07, 6.45) is 9.10. The normalized spacial score (nSPS) is 15.2. The monoisotopic (exact) mass is 399 g/mol. The fraction of sp³-hybridized carbons (Fsp3) is 0.286. The first-order chi connectivity index (χ1) is 13.6. The van der Waals surface area contributed by atoms with Crippen molar-refractivity contribution in [3.63, 3.8) is 0 Å². The highest BCUT2D eigenvalue weighted by molar-refractivity contribution is 7.90. The van der Waals surface area contributed by atoms with Gasteiger partial charge < -0.3 is 5.32 Å². The van der Waals surface area contributed by atoms with E-state index in [-0.39, 0.29) is 10.5 Å². The summed E-state index contributed by atoms with van der Waals surface area (Å²) in [6, 6.07) is 11.5. The zero-order valence-corrected chi connectivity index (χ0v) is 16.2. The molecule has 0 aliphatic heterocycles. The van der Waals surface area contributed by atoms with E-state index < -0.39 is 15.8 Å². The number of pyridine rings is 1. The van der Waals surface area contributed by atoms with Crippen LogP contribution in [0.25, 0.3) is 11.3 Å². The maximum Gasteiger partial charge on any atom is 0.269 e. The van der Waals surface area contributed by atoms with E-state index in [2.05, 4.69) is 10.3 Å². The number of nitrogens with zero attached hydrogens (tertiary/aromatic N) is 2. The maximum absolute atomic E-state index is 14.5. The van der Waals surface area contributed by atoms with Crippen molar-refractivity contribution in [2.75, 3.05) is 0 Å². The highest BCUT2D eigenvalue weighted by Crippen LogP contribution is 2.29. The van der Waals surface area contributed by atoms with Crippen LogP contribution in [0, 0.1) is 5.82 Å². The van der Waals surface area contributed by atoms with Crippen LogP contribution in [0.15, 0.2) is 66.0 Å². The van der Waals surface area contributed by atoms with Crippen molar-refractivity contribution in [1.29, 1.82) is 0 Å². The standard InChI is InChI=1S/C21H22FN3O2S/c22-20-10-4-3-9-19(20)21-12-16(13-24-17-6-1-2-7-17)15-25(21)28(26,27)18-8-5-11-23-14-18/h3-5,8-12,14-15,17,24H,1-2,6-7,13H2. The first-order valence-corrected chi connectivity index (χ1v) is 10.8. The second-order valence-electron chi connectivity index (χ2n) is 7.07. The Labute approximate surface area is 164 Å². The molecule has 0 amide bonds. The van der Waals surface area contributed by atoms with Gasteiger partial charge >= 0.3 is 0 Å². The Morgan fingerprint density at radius 3 is 2.64 bits per heavy atom. The number of hydrogen-bond acceptors (Lipinski definition) is 4. The molecule has 5 nitrogen and oxygen atoms in total. The molecule has 28 heavy (non-hydrogen) atoms. The lowest BCUT2D eigenvalue weighted by molar-refractivity contribution is 0.524. The highest BCUT2D eigenvalue weighted by Gasteiger charge is 2.24. The molecule has 7 heteroatoms. The first kappa shape index (κ1) is 18.8. The van der Waals surface area contributed by atoms with Gasteiger partial charge in [0.25, 0.3) is 10.0 Å². The van der Waals surface area contributed by atoms with Crippen LogP contribution in [0.5, 0.6) is 0 Å². The van der Waals surface area contributed by atoms with E-state index in [0.29, 0.717) is 18.3 Å². The van der Waals surface area contributed by atoms with Gasteiger partial charge in [0.2, 0.25) is 0 Å². The number of benzene rings is 1. The van der Waals surface area contributed by atoms with Crippen molar-refractivity contribution in [3.8, 4) is 11.3 Å². The SMILES string of the molecule is O=S(=O)(c1cccnc1)n1cc(CNC2CCCC2)cc1-c1ccccc1F. The highest BCUT2D eigenvalue weighted by atomic mass is 32.2. The average molecular weight is 399 g/mol. The zero-order valence-electron chi connectivity index (χ0n) is 15.4. The molecule has 0 unspecified atom stereocenters. The molecule has 1 aliphatic carbocycles. The molecule has 0 spiro atoms. The Balaban J connectivity index is 1.76. The minimum atomic E-state index is -3.89. The molecular formula is C21H22FN3O2S. The van der Waals surface area contributed by atoms with Crippen molar-refractivity contribution in [1.82, 2.24) is 14.3 Å². The van der Waals surface area contributed by atoms with Gasteiger partial charge in [0, 0.05) is 36.7 Å². The fourth-order valence-corrected chi connectivity index (χ4v) is 5.02. The van der Waals surface area contributed by atoms with E-state index in [4.69, 9.17) is 0 Å². The van der Waals surface area contributed by atoms with Crippen molar-refractivity contribution in [3.05, 3.63) is 72.4 Å². The minimum absolute atomic E-state index is 0.0680. The average Bonchev–Trinajstić information content (AvgIpc) is 3.37. The van der Waals surface area contributed by atoms with Crippen LogP contribution < -0.4 is 5.32 Å². The third kappa shape index (κ3) is 3.72. The smallest absolute Gasteiger partial charge is 0.269 e. The van der Waals surface area contributed by atoms with Gasteiger partial charge in [-0.2, -0.15) is 0 Å². The summed E-state index contributed by atoms with van der Waals surface area (Å²) in [6.45, 7) is 0.543. The molecular weight excluding hydrogens is 377 g/mol. The third-order valence-corrected chi connectivity index (χ3v) is 6.79. The van der Waals surface area contributed by atoms with Gasteiger partial charge in [0.05, 0.1) is 5.69 Å². The van der Waals surface area contributed by atoms with Crippen molar-refractivity contribution >= 4 is 10.0 Å². The molecule has 1 aromatic carbocycles. The van der Waals surface area contributed by atoms with Crippen LogP contribution in [0.3, 0.4) is 0 Å². The molecule has 1 fully saturated rings. The summed E-state index contributed by atoms with van der Waals surface area (Å²) in [5, 5.41) is 3.48. The lowest BCUT2D eigenvalue weighted by Crippen LogP contribution is -2.25. The van der Waals surface area contributed by atoms with Gasteiger partial charge in [-0.05, 0) is 48.7 Å². The number of hydrogen-bond donors (Lipinski definition) is 1. The van der Waals surface area contributed by atoms with Crippen LogP contribution in [0.4, 0.5) is 4.39 Å². The van der Waals surface area contributed by atoms with Gasteiger partial charge in [-0.1, -0.05) is 25.0 Å². The largest absolute Gasteiger partial charge is 0.310 e. The summed E-state index contributed by atoms with van der Waals surface area (Å²) in [5.74, 6) is -0.460. The Kier molecular flexibility index (Phi) is 5.28. The Bertz CT molecular complexity index is 1060. The van der Waals surface area contributed by atoms with E-state index in [0.717, 1.165) is 22.4 Å². The van der Waals surface area contributed by atoms with E-state index >= 15 is 0 Å². The third-order valence-electron chi connectivity index (χ3n) is 5.13. The van der Waals surface area contributed by atoms with Gasteiger partial charge in [-0.3, -0.25) is 4.98 Å². The first-order valence-electron chi connectivity index (χ1n) is 9.41. The van der Waals surface area contributed by atoms with Gasteiger partial charge in [-0.25, -0.2) is 16.8 Å². The van der Waals surface area contributed by atoms with Gasteiger partial charge in [-0.15, -0.1) is 0 Å². The molecule has 2 aromatic heterocycles. The quantitative estimate of drug-likeness (QED) is 0.682. The molecule has 0 radical (unpaired) electrons. The number of halogens is 1. The maximum atomic E-state index is 14.5. The summed E-state index contributed by atoms with van der Waals surface area (Å²) in [5.41, 5.74) is 1.37. The summed E-state index contributed by atoms with van der Waals surface area (Å²) < 4.78 is 42.0. The number of nitrogens with one attached hydrogen (secondary N) is 1. The predicted molar refractivity (Wildman–Crippen MR) is 106 cm³/mol. The van der Waals surface area contributed by atoms with Crippen LogP contribution in [0.2, 0.25) is 0 Å². The molecule has 0 bridgehead atoms. The molecule has 1 aliphatic rings. The lowest BCUT2D eigenvalue weighted by atomic mass is 10.1. The summed E-state index contributed by atoms with van der Waals surface area (Å²) in [4.78, 5) is 3.98. The second-order valence-corrected chi connectivity index (χ2v) is 8.88. The van der Waals surface area contributed by atoms with Crippen LogP contribution in [-0.4, -0.2) is 23.4 Å². The zero-order chi connectivity index (χ0) is 19.6. The van der Waals surface area contributed by atoms with Gasteiger partial charge in [0.1, 0.15) is 10.7 Å². The molecule has 1 saturated carbocycles. The van der Waals surface area contributed by atoms with E-state index in [1.165, 1.54) is 37.4 Å². The van der Waals surface area contributed by atoms with Gasteiger partial charge in [0.15, 0.2) is 0 Å². The number of rotatable bonds is 6.